The number of halogens is 2. The van der Waals surface area contributed by atoms with E-state index in [-0.39, 0.29) is 22.8 Å². The summed E-state index contributed by atoms with van der Waals surface area (Å²) in [6.07, 6.45) is 9.38. The second kappa shape index (κ2) is 10.4. The van der Waals surface area contributed by atoms with E-state index in [1.54, 1.807) is 30.6 Å². The summed E-state index contributed by atoms with van der Waals surface area (Å²) in [5.41, 5.74) is 4.97. The number of imidazole rings is 1. The number of nitrogens with zero attached hydrogens (tertiary/aromatic N) is 4. The molecule has 7 rings (SSSR count). The predicted octanol–water partition coefficient (Wildman–Crippen LogP) is 6.82. The van der Waals surface area contributed by atoms with Gasteiger partial charge in [0.15, 0.2) is 11.6 Å². The van der Waals surface area contributed by atoms with Crippen LogP contribution in [0.5, 0.6) is 0 Å². The van der Waals surface area contributed by atoms with Gasteiger partial charge in [0.05, 0.1) is 40.0 Å². The maximum Gasteiger partial charge on any atom is 0.161 e. The maximum atomic E-state index is 16.2. The van der Waals surface area contributed by atoms with Crippen molar-refractivity contribution >= 4 is 27.6 Å². The number of aliphatic hydroxyl groups is 1. The number of aromatic nitrogens is 6. The lowest BCUT2D eigenvalue weighted by molar-refractivity contribution is 0.109. The van der Waals surface area contributed by atoms with E-state index in [0.717, 1.165) is 42.3 Å². The van der Waals surface area contributed by atoms with Crippen LogP contribution in [0.3, 0.4) is 0 Å². The van der Waals surface area contributed by atoms with Gasteiger partial charge in [-0.15, -0.1) is 0 Å². The Balaban J connectivity index is 1.25. The van der Waals surface area contributed by atoms with Crippen LogP contribution in [0.2, 0.25) is 0 Å². The summed E-state index contributed by atoms with van der Waals surface area (Å²) in [5, 5.41) is 21.3. The molecule has 0 aliphatic heterocycles. The summed E-state index contributed by atoms with van der Waals surface area (Å²) in [5.74, 6) is -0.304. The molecule has 4 aromatic heterocycles. The van der Waals surface area contributed by atoms with Crippen molar-refractivity contribution < 1.29 is 13.9 Å². The number of aliphatic hydroxyl groups excluding tert-OH is 1. The molecule has 0 radical (unpaired) electrons. The molecule has 4 N–H and O–H groups in total. The lowest BCUT2D eigenvalue weighted by Gasteiger charge is -2.27. The highest BCUT2D eigenvalue weighted by Crippen LogP contribution is 2.35. The van der Waals surface area contributed by atoms with Crippen molar-refractivity contribution in [2.24, 2.45) is 5.92 Å². The number of anilines is 1. The van der Waals surface area contributed by atoms with E-state index >= 15 is 4.39 Å². The van der Waals surface area contributed by atoms with Crippen LogP contribution < -0.4 is 5.32 Å². The Morgan fingerprint density at radius 3 is 2.56 bits per heavy atom. The smallest absolute Gasteiger partial charge is 0.161 e. The average Bonchev–Trinajstić information content (AvgIpc) is 3.63. The average molecular weight is 552 g/mol. The lowest BCUT2D eigenvalue weighted by atomic mass is 9.88. The van der Waals surface area contributed by atoms with E-state index in [9.17, 15) is 9.50 Å². The summed E-state index contributed by atoms with van der Waals surface area (Å²) >= 11 is 0. The van der Waals surface area contributed by atoms with Crippen LogP contribution in [0.1, 0.15) is 32.1 Å². The zero-order valence-electron chi connectivity index (χ0n) is 22.0. The maximum absolute atomic E-state index is 16.2. The highest BCUT2D eigenvalue weighted by molar-refractivity contribution is 5.98. The number of rotatable bonds is 6. The number of aromatic amines is 2. The van der Waals surface area contributed by atoms with Crippen molar-refractivity contribution in [1.29, 1.82) is 0 Å². The van der Waals surface area contributed by atoms with Gasteiger partial charge in [0.1, 0.15) is 23.4 Å². The van der Waals surface area contributed by atoms with Gasteiger partial charge in [0.2, 0.25) is 0 Å². The third kappa shape index (κ3) is 4.70. The minimum atomic E-state index is -0.694. The van der Waals surface area contributed by atoms with Gasteiger partial charge in [0.25, 0.3) is 0 Å². The second-order valence-corrected chi connectivity index (χ2v) is 10.5. The molecule has 1 aliphatic rings. The van der Waals surface area contributed by atoms with Gasteiger partial charge in [0, 0.05) is 23.2 Å². The molecular formula is C31H27F2N7O. The quantitative estimate of drug-likeness (QED) is 0.169. The number of fused-ring (bicyclic) bond motifs is 2. The first kappa shape index (κ1) is 25.3. The zero-order chi connectivity index (χ0) is 27.9. The summed E-state index contributed by atoms with van der Waals surface area (Å²) in [7, 11) is 0. The van der Waals surface area contributed by atoms with Crippen LogP contribution in [0.25, 0.3) is 55.8 Å². The van der Waals surface area contributed by atoms with Gasteiger partial charge in [-0.1, -0.05) is 43.5 Å². The van der Waals surface area contributed by atoms with Crippen molar-refractivity contribution in [3.8, 4) is 33.9 Å². The molecule has 8 nitrogen and oxygen atoms in total. The Labute approximate surface area is 233 Å². The molecule has 206 valence electrons. The van der Waals surface area contributed by atoms with E-state index in [0.29, 0.717) is 33.8 Å². The third-order valence-electron chi connectivity index (χ3n) is 7.86. The number of para-hydroxylation sites is 1. The molecule has 1 atom stereocenters. The van der Waals surface area contributed by atoms with Crippen LogP contribution in [0.4, 0.5) is 14.5 Å². The van der Waals surface area contributed by atoms with E-state index in [4.69, 9.17) is 4.98 Å². The molecule has 4 heterocycles. The number of hydrogen-bond acceptors (Lipinski definition) is 6. The number of pyridine rings is 2. The second-order valence-electron chi connectivity index (χ2n) is 10.5. The largest absolute Gasteiger partial charge is 0.374 e. The fourth-order valence-electron chi connectivity index (χ4n) is 5.74. The van der Waals surface area contributed by atoms with Crippen molar-refractivity contribution in [2.75, 3.05) is 5.32 Å². The standard InChI is InChI=1S/C31H27F2N7O/c32-20-11-9-17(10-12-20)22-7-4-8-23-28(22)38-30(37-23)29-25-24(39-40-29)16-35-27(26(25)33)19-13-21(15-34-14-19)36-31(41)18-5-2-1-3-6-18/h4,7-16,18,31,36,41H,1-3,5-6H2,(H,37,38)(H,39,40). The minimum Gasteiger partial charge on any atom is -0.374 e. The molecule has 0 saturated heterocycles. The Bertz CT molecular complexity index is 1860. The molecular weight excluding hydrogens is 524 g/mol. The van der Waals surface area contributed by atoms with E-state index in [1.807, 2.05) is 18.2 Å². The first-order chi connectivity index (χ1) is 20.0. The van der Waals surface area contributed by atoms with E-state index in [1.165, 1.54) is 24.8 Å². The summed E-state index contributed by atoms with van der Waals surface area (Å²) in [6, 6.07) is 13.6. The van der Waals surface area contributed by atoms with Crippen LogP contribution in [-0.4, -0.2) is 41.5 Å². The molecule has 0 spiro atoms. The molecule has 0 amide bonds. The molecule has 6 aromatic rings. The van der Waals surface area contributed by atoms with E-state index < -0.39 is 12.0 Å². The Morgan fingerprint density at radius 2 is 1.73 bits per heavy atom. The Hall–Kier alpha value is -4.70. The lowest BCUT2D eigenvalue weighted by Crippen LogP contribution is -2.30. The Morgan fingerprint density at radius 1 is 0.902 bits per heavy atom. The molecule has 1 saturated carbocycles. The van der Waals surface area contributed by atoms with Gasteiger partial charge >= 0.3 is 0 Å². The molecule has 41 heavy (non-hydrogen) atoms. The van der Waals surface area contributed by atoms with Crippen molar-refractivity contribution in [3.05, 3.63) is 78.8 Å². The third-order valence-corrected chi connectivity index (χ3v) is 7.86. The van der Waals surface area contributed by atoms with Crippen molar-refractivity contribution in [1.82, 2.24) is 30.1 Å². The minimum absolute atomic E-state index is 0.117. The van der Waals surface area contributed by atoms with Crippen molar-refractivity contribution in [3.63, 3.8) is 0 Å². The number of nitrogens with one attached hydrogen (secondary N) is 3. The van der Waals surface area contributed by atoms with Gasteiger partial charge in [-0.2, -0.15) is 5.10 Å². The van der Waals surface area contributed by atoms with Crippen LogP contribution >= 0.6 is 0 Å². The first-order valence-electron chi connectivity index (χ1n) is 13.7. The first-order valence-corrected chi connectivity index (χ1v) is 13.7. The molecule has 0 bridgehead atoms. The topological polar surface area (TPSA) is 115 Å². The van der Waals surface area contributed by atoms with Crippen LogP contribution in [-0.2, 0) is 0 Å². The molecule has 2 aromatic carbocycles. The fraction of sp³-hybridized carbons (Fsp3) is 0.226. The monoisotopic (exact) mass is 551 g/mol. The summed E-state index contributed by atoms with van der Waals surface area (Å²) in [4.78, 5) is 16.7. The summed E-state index contributed by atoms with van der Waals surface area (Å²) in [6.45, 7) is 0. The SMILES string of the molecule is OC(Nc1cncc(-c2ncc3[nH]nc(-c4nc5c(-c6ccc(F)cc6)cccc5[nH]4)c3c2F)c1)C1CCCCC1. The van der Waals surface area contributed by atoms with Gasteiger partial charge in [-0.3, -0.25) is 15.1 Å². The van der Waals surface area contributed by atoms with Gasteiger partial charge < -0.3 is 15.4 Å². The Kier molecular flexibility index (Phi) is 6.39. The number of benzene rings is 2. The predicted molar refractivity (Wildman–Crippen MR) is 154 cm³/mol. The fourth-order valence-corrected chi connectivity index (χ4v) is 5.74. The normalized spacial score (nSPS) is 15.0. The van der Waals surface area contributed by atoms with Gasteiger partial charge in [-0.25, -0.2) is 13.8 Å². The van der Waals surface area contributed by atoms with Crippen LogP contribution in [0, 0.1) is 17.6 Å². The molecule has 1 fully saturated rings. The summed E-state index contributed by atoms with van der Waals surface area (Å²) < 4.78 is 29.7. The van der Waals surface area contributed by atoms with E-state index in [2.05, 4.69) is 30.5 Å². The highest BCUT2D eigenvalue weighted by Gasteiger charge is 2.23. The molecule has 10 heteroatoms. The number of hydrogen-bond donors (Lipinski definition) is 4. The van der Waals surface area contributed by atoms with Crippen molar-refractivity contribution in [2.45, 2.75) is 38.3 Å². The molecule has 1 aliphatic carbocycles. The van der Waals surface area contributed by atoms with Crippen LogP contribution in [0.15, 0.2) is 67.1 Å². The number of H-pyrrole nitrogens is 2. The zero-order valence-corrected chi connectivity index (χ0v) is 22.0. The molecule has 1 unspecified atom stereocenters. The highest BCUT2D eigenvalue weighted by atomic mass is 19.1. The van der Waals surface area contributed by atoms with Gasteiger partial charge in [-0.05, 0) is 42.7 Å².